The summed E-state index contributed by atoms with van der Waals surface area (Å²) in [7, 11) is 0. The van der Waals surface area contributed by atoms with E-state index in [0.717, 1.165) is 11.7 Å². The maximum atomic E-state index is 5.43. The molecule has 0 radical (unpaired) electrons. The molecule has 19 heavy (non-hydrogen) atoms. The van der Waals surface area contributed by atoms with E-state index < -0.39 is 0 Å². The lowest BCUT2D eigenvalue weighted by Gasteiger charge is -2.38. The van der Waals surface area contributed by atoms with Crippen LogP contribution in [-0.2, 0) is 0 Å². The first kappa shape index (κ1) is 12.5. The summed E-state index contributed by atoms with van der Waals surface area (Å²) < 4.78 is 5.43. The van der Waals surface area contributed by atoms with Gasteiger partial charge in [-0.15, -0.1) is 0 Å². The van der Waals surface area contributed by atoms with E-state index in [9.17, 15) is 0 Å². The minimum absolute atomic E-state index is 0.304. The van der Waals surface area contributed by atoms with Gasteiger partial charge in [0.25, 0.3) is 0 Å². The lowest BCUT2D eigenvalue weighted by atomic mass is 9.75. The van der Waals surface area contributed by atoms with Crippen LogP contribution in [0.5, 0.6) is 0 Å². The molecule has 2 heteroatoms. The summed E-state index contributed by atoms with van der Waals surface area (Å²) in [5, 5.41) is 3.64. The van der Waals surface area contributed by atoms with Gasteiger partial charge in [-0.05, 0) is 50.3 Å². The van der Waals surface area contributed by atoms with E-state index in [1.54, 1.807) is 6.26 Å². The van der Waals surface area contributed by atoms with Gasteiger partial charge < -0.3 is 9.73 Å². The molecule has 0 aliphatic heterocycles. The zero-order valence-electron chi connectivity index (χ0n) is 11.6. The van der Waals surface area contributed by atoms with E-state index in [4.69, 9.17) is 4.42 Å². The van der Waals surface area contributed by atoms with Gasteiger partial charge in [-0.1, -0.05) is 29.8 Å². The van der Waals surface area contributed by atoms with Crippen LogP contribution in [0.2, 0.25) is 0 Å². The largest absolute Gasteiger partial charge is 0.468 e. The summed E-state index contributed by atoms with van der Waals surface area (Å²) in [5.41, 5.74) is 2.85. The molecule has 2 aromatic rings. The Bertz CT molecular complexity index is 526. The average molecular weight is 255 g/mol. The number of rotatable bonds is 4. The van der Waals surface area contributed by atoms with Crippen molar-refractivity contribution in [3.63, 3.8) is 0 Å². The van der Waals surface area contributed by atoms with Crippen LogP contribution in [0.15, 0.2) is 47.1 Å². The molecule has 1 aliphatic carbocycles. The van der Waals surface area contributed by atoms with Crippen molar-refractivity contribution in [2.75, 3.05) is 0 Å². The average Bonchev–Trinajstić information content (AvgIpc) is 2.86. The summed E-state index contributed by atoms with van der Waals surface area (Å²) in [6.07, 6.45) is 4.20. The monoisotopic (exact) mass is 255 g/mol. The predicted molar refractivity (Wildman–Crippen MR) is 77.2 cm³/mol. The normalized spacial score (nSPS) is 23.9. The summed E-state index contributed by atoms with van der Waals surface area (Å²) in [6.45, 7) is 4.33. The lowest BCUT2D eigenvalue weighted by Crippen LogP contribution is -2.41. The van der Waals surface area contributed by atoms with Gasteiger partial charge in [-0.3, -0.25) is 0 Å². The first-order valence-electron chi connectivity index (χ1n) is 7.08. The third-order valence-electron chi connectivity index (χ3n) is 4.11. The zero-order valence-corrected chi connectivity index (χ0v) is 11.6. The molecule has 1 aromatic carbocycles. The van der Waals surface area contributed by atoms with Crippen molar-refractivity contribution in [1.82, 2.24) is 5.32 Å². The number of hydrogen-bond acceptors (Lipinski definition) is 2. The van der Waals surface area contributed by atoms with Crippen molar-refractivity contribution >= 4 is 0 Å². The van der Waals surface area contributed by atoms with Crippen LogP contribution in [0.25, 0.3) is 0 Å². The molecular formula is C17H21NO. The first-order valence-corrected chi connectivity index (χ1v) is 7.08. The van der Waals surface area contributed by atoms with Gasteiger partial charge in [0.1, 0.15) is 5.76 Å². The Morgan fingerprint density at radius 1 is 1.21 bits per heavy atom. The zero-order chi connectivity index (χ0) is 13.2. The first-order chi connectivity index (χ1) is 9.22. The molecule has 1 aliphatic rings. The van der Waals surface area contributed by atoms with Crippen LogP contribution in [0.4, 0.5) is 0 Å². The number of benzene rings is 1. The van der Waals surface area contributed by atoms with Crippen LogP contribution < -0.4 is 5.32 Å². The van der Waals surface area contributed by atoms with Gasteiger partial charge in [-0.25, -0.2) is 0 Å². The third-order valence-corrected chi connectivity index (χ3v) is 4.11. The van der Waals surface area contributed by atoms with Crippen molar-refractivity contribution in [2.24, 2.45) is 0 Å². The summed E-state index contributed by atoms with van der Waals surface area (Å²) in [6, 6.07) is 13.8. The highest BCUT2D eigenvalue weighted by atomic mass is 16.3. The molecule has 1 atom stereocenters. The number of aryl methyl sites for hydroxylation is 1. The Morgan fingerprint density at radius 3 is 2.74 bits per heavy atom. The summed E-state index contributed by atoms with van der Waals surface area (Å²) in [5.74, 6) is 1.75. The molecule has 1 heterocycles. The highest BCUT2D eigenvalue weighted by Gasteiger charge is 2.31. The van der Waals surface area contributed by atoms with Gasteiger partial charge in [-0.2, -0.15) is 0 Å². The fraction of sp³-hybridized carbons (Fsp3) is 0.412. The smallest absolute Gasteiger partial charge is 0.120 e. The minimum atomic E-state index is 0.304. The van der Waals surface area contributed by atoms with E-state index in [2.05, 4.69) is 43.4 Å². The molecule has 100 valence electrons. The molecular weight excluding hydrogens is 234 g/mol. The van der Waals surface area contributed by atoms with Gasteiger partial charge in [0, 0.05) is 6.04 Å². The molecule has 2 nitrogen and oxygen atoms in total. The summed E-state index contributed by atoms with van der Waals surface area (Å²) in [4.78, 5) is 0. The Balaban J connectivity index is 1.53. The minimum Gasteiger partial charge on any atom is -0.468 e. The third kappa shape index (κ3) is 2.74. The molecule has 3 rings (SSSR count). The number of furan rings is 1. The van der Waals surface area contributed by atoms with Crippen molar-refractivity contribution in [3.8, 4) is 0 Å². The van der Waals surface area contributed by atoms with Crippen molar-refractivity contribution in [2.45, 2.75) is 44.7 Å². The number of hydrogen-bond donors (Lipinski definition) is 1. The maximum Gasteiger partial charge on any atom is 0.120 e. The fourth-order valence-electron chi connectivity index (χ4n) is 2.92. The van der Waals surface area contributed by atoms with E-state index in [0.29, 0.717) is 12.1 Å². The van der Waals surface area contributed by atoms with Gasteiger partial charge >= 0.3 is 0 Å². The molecule has 0 amide bonds. The van der Waals surface area contributed by atoms with E-state index in [1.807, 2.05) is 12.1 Å². The number of nitrogens with one attached hydrogen (secondary N) is 1. The van der Waals surface area contributed by atoms with Crippen molar-refractivity contribution < 1.29 is 4.42 Å². The molecule has 1 unspecified atom stereocenters. The molecule has 0 spiro atoms. The molecule has 0 bridgehead atoms. The second-order valence-electron chi connectivity index (χ2n) is 5.68. The lowest BCUT2D eigenvalue weighted by molar-refractivity contribution is 0.258. The van der Waals surface area contributed by atoms with E-state index >= 15 is 0 Å². The maximum absolute atomic E-state index is 5.43. The Kier molecular flexibility index (Phi) is 3.43. The molecule has 1 saturated carbocycles. The Morgan fingerprint density at radius 2 is 2.05 bits per heavy atom. The highest BCUT2D eigenvalue weighted by molar-refractivity contribution is 5.27. The molecule has 1 aromatic heterocycles. The second-order valence-corrected chi connectivity index (χ2v) is 5.68. The standard InChI is InChI=1S/C17H21NO/c1-12-5-3-6-14(9-12)15-10-16(11-15)18-13(2)17-7-4-8-19-17/h3-9,13,15-16,18H,10-11H2,1-2H3. The molecule has 1 N–H and O–H groups in total. The fourth-order valence-corrected chi connectivity index (χ4v) is 2.92. The molecule has 0 saturated heterocycles. The highest BCUT2D eigenvalue weighted by Crippen LogP contribution is 2.38. The van der Waals surface area contributed by atoms with E-state index in [1.165, 1.54) is 24.0 Å². The summed E-state index contributed by atoms with van der Waals surface area (Å²) >= 11 is 0. The van der Waals surface area contributed by atoms with Crippen molar-refractivity contribution in [1.29, 1.82) is 0 Å². The van der Waals surface area contributed by atoms with Crippen LogP contribution in [0.1, 0.15) is 48.6 Å². The quantitative estimate of drug-likeness (QED) is 0.886. The van der Waals surface area contributed by atoms with Gasteiger partial charge in [0.2, 0.25) is 0 Å². The van der Waals surface area contributed by atoms with Gasteiger partial charge in [0.05, 0.1) is 12.3 Å². The second kappa shape index (κ2) is 5.22. The van der Waals surface area contributed by atoms with Gasteiger partial charge in [0.15, 0.2) is 0 Å². The topological polar surface area (TPSA) is 25.2 Å². The van der Waals surface area contributed by atoms with E-state index in [-0.39, 0.29) is 0 Å². The van der Waals surface area contributed by atoms with Crippen LogP contribution >= 0.6 is 0 Å². The van der Waals surface area contributed by atoms with Crippen LogP contribution in [0, 0.1) is 6.92 Å². The van der Waals surface area contributed by atoms with Crippen LogP contribution in [-0.4, -0.2) is 6.04 Å². The Labute approximate surface area is 114 Å². The predicted octanol–water partition coefficient (Wildman–Crippen LogP) is 4.18. The Hall–Kier alpha value is -1.54. The van der Waals surface area contributed by atoms with Crippen molar-refractivity contribution in [3.05, 3.63) is 59.5 Å². The molecule has 1 fully saturated rings. The van der Waals surface area contributed by atoms with Crippen LogP contribution in [0.3, 0.4) is 0 Å². The SMILES string of the molecule is Cc1cccc(C2CC(NC(C)c3ccco3)C2)c1.